The Morgan fingerprint density at radius 2 is 2.05 bits per heavy atom. The maximum absolute atomic E-state index is 11.9. The topological polar surface area (TPSA) is 55.8 Å². The van der Waals surface area contributed by atoms with Crippen LogP contribution in [0.1, 0.15) is 32.6 Å². The van der Waals surface area contributed by atoms with Crippen LogP contribution in [0, 0.1) is 0 Å². The lowest BCUT2D eigenvalue weighted by atomic mass is 10.1. The molecule has 1 unspecified atom stereocenters. The van der Waals surface area contributed by atoms with Crippen LogP contribution in [-0.4, -0.2) is 73.2 Å². The first-order valence-electron chi connectivity index (χ1n) is 7.39. The first-order chi connectivity index (χ1) is 9.04. The molecule has 0 radical (unpaired) electrons. The molecule has 1 aliphatic rings. The van der Waals surface area contributed by atoms with E-state index in [2.05, 4.69) is 10.2 Å². The molecule has 0 spiro atoms. The molecule has 0 aromatic heterocycles. The summed E-state index contributed by atoms with van der Waals surface area (Å²) in [5, 5.41) is 12.4. The van der Waals surface area contributed by atoms with Gasteiger partial charge >= 0.3 is 0 Å². The smallest absolute Gasteiger partial charge is 0.237 e. The average Bonchev–Trinajstić information content (AvgIpc) is 2.37. The molecule has 0 saturated carbocycles. The van der Waals surface area contributed by atoms with Gasteiger partial charge in [0.25, 0.3) is 0 Å². The standard InChI is InChI=1S/C14H29N3O2/c1-4-13(16(2)3)14(19)15-8-5-9-17-10-6-12(18)7-11-17/h12-13,18H,4-11H2,1-3H3,(H,15,19). The number of aliphatic hydroxyl groups excluding tert-OH is 1. The van der Waals surface area contributed by atoms with E-state index in [0.29, 0.717) is 0 Å². The summed E-state index contributed by atoms with van der Waals surface area (Å²) in [4.78, 5) is 16.2. The number of likely N-dealkylation sites (N-methyl/N-ethyl adjacent to an activating group) is 1. The lowest BCUT2D eigenvalue weighted by molar-refractivity contribution is -0.125. The summed E-state index contributed by atoms with van der Waals surface area (Å²) in [5.41, 5.74) is 0. The third kappa shape index (κ3) is 5.89. The highest BCUT2D eigenvalue weighted by Gasteiger charge is 2.18. The van der Waals surface area contributed by atoms with Crippen LogP contribution in [0.2, 0.25) is 0 Å². The quantitative estimate of drug-likeness (QED) is 0.654. The van der Waals surface area contributed by atoms with Crippen molar-refractivity contribution in [3.05, 3.63) is 0 Å². The van der Waals surface area contributed by atoms with Crippen LogP contribution >= 0.6 is 0 Å². The Kier molecular flexibility index (Phi) is 7.34. The number of hydrogen-bond acceptors (Lipinski definition) is 4. The fraction of sp³-hybridized carbons (Fsp3) is 0.929. The number of rotatable bonds is 7. The minimum atomic E-state index is -0.110. The molecule has 0 bridgehead atoms. The van der Waals surface area contributed by atoms with Gasteiger partial charge in [-0.3, -0.25) is 9.69 Å². The predicted octanol–water partition coefficient (Wildman–Crippen LogP) is 0.290. The van der Waals surface area contributed by atoms with Crippen LogP contribution in [0.3, 0.4) is 0 Å². The zero-order valence-corrected chi connectivity index (χ0v) is 12.6. The van der Waals surface area contributed by atoms with E-state index in [4.69, 9.17) is 0 Å². The van der Waals surface area contributed by atoms with E-state index in [9.17, 15) is 9.90 Å². The molecule has 19 heavy (non-hydrogen) atoms. The summed E-state index contributed by atoms with van der Waals surface area (Å²) in [6.07, 6.45) is 3.46. The molecule has 1 atom stereocenters. The maximum Gasteiger partial charge on any atom is 0.237 e. The van der Waals surface area contributed by atoms with Crippen molar-refractivity contribution in [2.24, 2.45) is 0 Å². The van der Waals surface area contributed by atoms with E-state index >= 15 is 0 Å². The number of piperidine rings is 1. The van der Waals surface area contributed by atoms with Crippen LogP contribution in [0.25, 0.3) is 0 Å². The highest BCUT2D eigenvalue weighted by atomic mass is 16.3. The van der Waals surface area contributed by atoms with Gasteiger partial charge in [-0.15, -0.1) is 0 Å². The first-order valence-corrected chi connectivity index (χ1v) is 7.39. The van der Waals surface area contributed by atoms with E-state index in [-0.39, 0.29) is 18.1 Å². The molecule has 1 amide bonds. The van der Waals surface area contributed by atoms with Gasteiger partial charge < -0.3 is 15.3 Å². The van der Waals surface area contributed by atoms with Crippen molar-refractivity contribution < 1.29 is 9.90 Å². The molecular weight excluding hydrogens is 242 g/mol. The van der Waals surface area contributed by atoms with Crippen LogP contribution in [0.4, 0.5) is 0 Å². The van der Waals surface area contributed by atoms with E-state index in [1.165, 1.54) is 0 Å². The van der Waals surface area contributed by atoms with Gasteiger partial charge in [0, 0.05) is 19.6 Å². The number of hydrogen-bond donors (Lipinski definition) is 2. The van der Waals surface area contributed by atoms with E-state index in [0.717, 1.165) is 51.9 Å². The van der Waals surface area contributed by atoms with E-state index in [1.807, 2.05) is 25.9 Å². The van der Waals surface area contributed by atoms with E-state index in [1.54, 1.807) is 0 Å². The van der Waals surface area contributed by atoms with Crippen molar-refractivity contribution in [3.63, 3.8) is 0 Å². The minimum Gasteiger partial charge on any atom is -0.393 e. The molecule has 5 heteroatoms. The lowest BCUT2D eigenvalue weighted by Crippen LogP contribution is -2.44. The van der Waals surface area contributed by atoms with Crippen LogP contribution in [-0.2, 0) is 4.79 Å². The molecule has 0 aromatic carbocycles. The highest BCUT2D eigenvalue weighted by Crippen LogP contribution is 2.09. The Bertz CT molecular complexity index is 263. The molecule has 112 valence electrons. The molecule has 1 aliphatic heterocycles. The number of nitrogens with one attached hydrogen (secondary N) is 1. The Labute approximate surface area is 117 Å². The fourth-order valence-corrected chi connectivity index (χ4v) is 2.56. The fourth-order valence-electron chi connectivity index (χ4n) is 2.56. The summed E-state index contributed by atoms with van der Waals surface area (Å²) in [5.74, 6) is 0.126. The second kappa shape index (κ2) is 8.51. The third-order valence-electron chi connectivity index (χ3n) is 3.82. The second-order valence-corrected chi connectivity index (χ2v) is 5.61. The van der Waals surface area contributed by atoms with Gasteiger partial charge in [-0.25, -0.2) is 0 Å². The van der Waals surface area contributed by atoms with Gasteiger partial charge in [-0.1, -0.05) is 6.92 Å². The molecule has 1 heterocycles. The average molecular weight is 271 g/mol. The monoisotopic (exact) mass is 271 g/mol. The largest absolute Gasteiger partial charge is 0.393 e. The molecular formula is C14H29N3O2. The molecule has 2 N–H and O–H groups in total. The number of nitrogens with zero attached hydrogens (tertiary/aromatic N) is 2. The Hall–Kier alpha value is -0.650. The second-order valence-electron chi connectivity index (χ2n) is 5.61. The zero-order chi connectivity index (χ0) is 14.3. The first kappa shape index (κ1) is 16.4. The van der Waals surface area contributed by atoms with Crippen molar-refractivity contribution in [3.8, 4) is 0 Å². The van der Waals surface area contributed by atoms with Crippen LogP contribution in [0.15, 0.2) is 0 Å². The van der Waals surface area contributed by atoms with Crippen LogP contribution in [0.5, 0.6) is 0 Å². The molecule has 0 aliphatic carbocycles. The molecule has 5 nitrogen and oxygen atoms in total. The predicted molar refractivity (Wildman–Crippen MR) is 77.1 cm³/mol. The number of carbonyl (C=O) groups excluding carboxylic acids is 1. The van der Waals surface area contributed by atoms with Gasteiger partial charge in [0.15, 0.2) is 0 Å². The Morgan fingerprint density at radius 3 is 2.58 bits per heavy atom. The third-order valence-corrected chi connectivity index (χ3v) is 3.82. The van der Waals surface area contributed by atoms with E-state index < -0.39 is 0 Å². The number of aliphatic hydroxyl groups is 1. The van der Waals surface area contributed by atoms with Crippen molar-refractivity contribution in [1.82, 2.24) is 15.1 Å². The maximum atomic E-state index is 11.9. The summed E-state index contributed by atoms with van der Waals surface area (Å²) in [7, 11) is 3.87. The lowest BCUT2D eigenvalue weighted by Gasteiger charge is -2.29. The SMILES string of the molecule is CCC(C(=O)NCCCN1CCC(O)CC1)N(C)C. The number of amides is 1. The summed E-state index contributed by atoms with van der Waals surface area (Å²) in [6.45, 7) is 5.73. The van der Waals surface area contributed by atoms with Gasteiger partial charge in [0.05, 0.1) is 12.1 Å². The van der Waals surface area contributed by atoms with Gasteiger partial charge in [0.2, 0.25) is 5.91 Å². The number of likely N-dealkylation sites (tertiary alicyclic amines) is 1. The molecule has 1 rings (SSSR count). The van der Waals surface area contributed by atoms with Crippen molar-refractivity contribution in [1.29, 1.82) is 0 Å². The van der Waals surface area contributed by atoms with Gasteiger partial charge in [0.1, 0.15) is 0 Å². The summed E-state index contributed by atoms with van der Waals surface area (Å²) < 4.78 is 0. The minimum absolute atomic E-state index is 0.0230. The normalized spacial score (nSPS) is 19.6. The Morgan fingerprint density at radius 1 is 1.42 bits per heavy atom. The van der Waals surface area contributed by atoms with Gasteiger partial charge in [-0.2, -0.15) is 0 Å². The number of carbonyl (C=O) groups is 1. The van der Waals surface area contributed by atoms with Gasteiger partial charge in [-0.05, 0) is 46.3 Å². The molecule has 0 aromatic rings. The summed E-state index contributed by atoms with van der Waals surface area (Å²) in [6, 6.07) is -0.0230. The van der Waals surface area contributed by atoms with Crippen LogP contribution < -0.4 is 5.32 Å². The van der Waals surface area contributed by atoms with Crippen molar-refractivity contribution in [2.75, 3.05) is 40.3 Å². The molecule has 1 fully saturated rings. The highest BCUT2D eigenvalue weighted by molar-refractivity contribution is 5.81. The zero-order valence-electron chi connectivity index (χ0n) is 12.6. The Balaban J connectivity index is 2.11. The molecule has 1 saturated heterocycles. The summed E-state index contributed by atoms with van der Waals surface area (Å²) >= 11 is 0. The van der Waals surface area contributed by atoms with Crippen molar-refractivity contribution >= 4 is 5.91 Å². The van der Waals surface area contributed by atoms with Crippen molar-refractivity contribution in [2.45, 2.75) is 44.8 Å².